The van der Waals surface area contributed by atoms with E-state index < -0.39 is 5.97 Å². The highest BCUT2D eigenvalue weighted by molar-refractivity contribution is 8.00. The van der Waals surface area contributed by atoms with Gasteiger partial charge in [0.1, 0.15) is 0 Å². The van der Waals surface area contributed by atoms with Gasteiger partial charge in [0.15, 0.2) is 0 Å². The molecule has 0 aromatic heterocycles. The second-order valence-corrected chi connectivity index (χ2v) is 5.13. The van der Waals surface area contributed by atoms with E-state index in [0.29, 0.717) is 6.54 Å². The smallest absolute Gasteiger partial charge is 0.313 e. The first kappa shape index (κ1) is 14.3. The number of nitrogens with zero attached hydrogens (tertiary/aromatic N) is 1. The van der Waals surface area contributed by atoms with Gasteiger partial charge in [-0.05, 0) is 19.3 Å². The van der Waals surface area contributed by atoms with Crippen LogP contribution in [0.1, 0.15) is 19.3 Å². The summed E-state index contributed by atoms with van der Waals surface area (Å²) in [6, 6.07) is 0. The van der Waals surface area contributed by atoms with Gasteiger partial charge in [0.2, 0.25) is 5.91 Å². The van der Waals surface area contributed by atoms with Crippen molar-refractivity contribution in [2.45, 2.75) is 25.4 Å². The Labute approximate surface area is 105 Å². The number of carboxylic acids is 1. The van der Waals surface area contributed by atoms with E-state index in [9.17, 15) is 9.59 Å². The van der Waals surface area contributed by atoms with Crippen molar-refractivity contribution in [1.29, 1.82) is 0 Å². The van der Waals surface area contributed by atoms with Crippen molar-refractivity contribution in [3.05, 3.63) is 0 Å². The monoisotopic (exact) mass is 261 g/mol. The molecule has 1 aliphatic rings. The molecule has 1 heterocycles. The lowest BCUT2D eigenvalue weighted by Gasteiger charge is -2.27. The molecular formula is C11H19NO4S. The van der Waals surface area contributed by atoms with Crippen molar-refractivity contribution in [3.63, 3.8) is 0 Å². The van der Waals surface area contributed by atoms with Gasteiger partial charge in [-0.3, -0.25) is 9.59 Å². The van der Waals surface area contributed by atoms with Crippen LogP contribution >= 0.6 is 11.8 Å². The molecular weight excluding hydrogens is 242 g/mol. The SMILES string of the molecule is CN(CC1CCCCO1)C(=O)CSCC(=O)O. The van der Waals surface area contributed by atoms with Crippen LogP contribution in [0.4, 0.5) is 0 Å². The molecule has 0 aromatic rings. The molecule has 5 nitrogen and oxygen atoms in total. The maximum Gasteiger partial charge on any atom is 0.313 e. The van der Waals surface area contributed by atoms with Crippen LogP contribution in [0.5, 0.6) is 0 Å². The van der Waals surface area contributed by atoms with Gasteiger partial charge < -0.3 is 14.7 Å². The molecule has 1 fully saturated rings. The van der Waals surface area contributed by atoms with Gasteiger partial charge in [-0.1, -0.05) is 0 Å². The van der Waals surface area contributed by atoms with E-state index in [4.69, 9.17) is 9.84 Å². The Bertz CT molecular complexity index is 266. The topological polar surface area (TPSA) is 66.8 Å². The molecule has 6 heteroatoms. The molecule has 0 radical (unpaired) electrons. The number of rotatable bonds is 6. The van der Waals surface area contributed by atoms with Crippen LogP contribution in [-0.4, -0.2) is 59.7 Å². The Balaban J connectivity index is 2.18. The van der Waals surface area contributed by atoms with E-state index in [2.05, 4.69) is 0 Å². The van der Waals surface area contributed by atoms with E-state index >= 15 is 0 Å². The van der Waals surface area contributed by atoms with Crippen molar-refractivity contribution in [3.8, 4) is 0 Å². The quantitative estimate of drug-likeness (QED) is 0.767. The highest BCUT2D eigenvalue weighted by Crippen LogP contribution is 2.13. The van der Waals surface area contributed by atoms with Gasteiger partial charge in [0, 0.05) is 20.2 Å². The Morgan fingerprint density at radius 1 is 1.41 bits per heavy atom. The molecule has 1 unspecified atom stereocenters. The molecule has 98 valence electrons. The summed E-state index contributed by atoms with van der Waals surface area (Å²) in [4.78, 5) is 23.6. The van der Waals surface area contributed by atoms with Crippen LogP contribution < -0.4 is 0 Å². The second kappa shape index (κ2) is 7.55. The molecule has 0 aliphatic carbocycles. The third-order valence-corrected chi connectivity index (χ3v) is 3.53. The predicted molar refractivity (Wildman–Crippen MR) is 66.2 cm³/mol. The minimum Gasteiger partial charge on any atom is -0.481 e. The van der Waals surface area contributed by atoms with Crippen LogP contribution in [0.15, 0.2) is 0 Å². The van der Waals surface area contributed by atoms with E-state index in [0.717, 1.165) is 37.6 Å². The summed E-state index contributed by atoms with van der Waals surface area (Å²) in [5, 5.41) is 8.46. The molecule has 0 saturated carbocycles. The Kier molecular flexibility index (Phi) is 6.36. The van der Waals surface area contributed by atoms with Crippen molar-refractivity contribution < 1.29 is 19.4 Å². The molecule has 1 atom stereocenters. The number of hydrogen-bond donors (Lipinski definition) is 1. The standard InChI is InChI=1S/C11H19NO4S/c1-12(6-9-4-2-3-5-16-9)10(13)7-17-8-11(14)15/h9H,2-8H2,1H3,(H,14,15). The van der Waals surface area contributed by atoms with Crippen molar-refractivity contribution in [1.82, 2.24) is 4.90 Å². The van der Waals surface area contributed by atoms with Gasteiger partial charge in [-0.2, -0.15) is 0 Å². The zero-order valence-corrected chi connectivity index (χ0v) is 10.9. The van der Waals surface area contributed by atoms with Gasteiger partial charge in [0.25, 0.3) is 0 Å². The largest absolute Gasteiger partial charge is 0.481 e. The van der Waals surface area contributed by atoms with Crippen molar-refractivity contribution in [2.24, 2.45) is 0 Å². The predicted octanol–water partition coefficient (Wildman–Crippen LogP) is 0.832. The number of carboxylic acid groups (broad SMARTS) is 1. The molecule has 0 spiro atoms. The fraction of sp³-hybridized carbons (Fsp3) is 0.818. The summed E-state index contributed by atoms with van der Waals surface area (Å²) in [6.45, 7) is 1.38. The van der Waals surface area contributed by atoms with Gasteiger partial charge in [-0.15, -0.1) is 11.8 Å². The third-order valence-electron chi connectivity index (χ3n) is 2.63. The number of hydrogen-bond acceptors (Lipinski definition) is 4. The number of carbonyl (C=O) groups is 2. The lowest BCUT2D eigenvalue weighted by molar-refractivity contribution is -0.133. The Hall–Kier alpha value is -0.750. The number of thioether (sulfide) groups is 1. The van der Waals surface area contributed by atoms with Crippen LogP contribution in [0.3, 0.4) is 0 Å². The summed E-state index contributed by atoms with van der Waals surface area (Å²) in [6.07, 6.45) is 3.39. The number of amides is 1. The van der Waals surface area contributed by atoms with E-state index in [1.807, 2.05) is 0 Å². The summed E-state index contributed by atoms with van der Waals surface area (Å²) in [7, 11) is 1.74. The number of likely N-dealkylation sites (N-methyl/N-ethyl adjacent to an activating group) is 1. The Morgan fingerprint density at radius 2 is 2.18 bits per heavy atom. The fourth-order valence-corrected chi connectivity index (χ4v) is 2.37. The highest BCUT2D eigenvalue weighted by Gasteiger charge is 2.18. The first-order valence-corrected chi connectivity index (χ1v) is 6.90. The van der Waals surface area contributed by atoms with E-state index in [-0.39, 0.29) is 23.5 Å². The highest BCUT2D eigenvalue weighted by atomic mass is 32.2. The second-order valence-electron chi connectivity index (χ2n) is 4.15. The molecule has 0 aromatic carbocycles. The van der Waals surface area contributed by atoms with Crippen LogP contribution in [0, 0.1) is 0 Å². The average molecular weight is 261 g/mol. The van der Waals surface area contributed by atoms with Crippen molar-refractivity contribution in [2.75, 3.05) is 31.7 Å². The molecule has 17 heavy (non-hydrogen) atoms. The zero-order valence-electron chi connectivity index (χ0n) is 10.1. The zero-order chi connectivity index (χ0) is 12.7. The molecule has 1 N–H and O–H groups in total. The molecule has 1 amide bonds. The normalized spacial score (nSPS) is 19.9. The number of carbonyl (C=O) groups excluding carboxylic acids is 1. The van der Waals surface area contributed by atoms with Gasteiger partial charge in [-0.25, -0.2) is 0 Å². The summed E-state index contributed by atoms with van der Waals surface area (Å²) >= 11 is 1.13. The molecule has 1 rings (SSSR count). The average Bonchev–Trinajstić information content (AvgIpc) is 2.29. The maximum absolute atomic E-state index is 11.7. The first-order valence-electron chi connectivity index (χ1n) is 5.74. The maximum atomic E-state index is 11.7. The molecule has 1 aliphatic heterocycles. The summed E-state index contributed by atoms with van der Waals surface area (Å²) in [5.41, 5.74) is 0. The molecule has 0 bridgehead atoms. The first-order chi connectivity index (χ1) is 8.09. The summed E-state index contributed by atoms with van der Waals surface area (Å²) in [5.74, 6) is -0.735. The lowest BCUT2D eigenvalue weighted by Crippen LogP contribution is -2.38. The van der Waals surface area contributed by atoms with Crippen LogP contribution in [0.25, 0.3) is 0 Å². The molecule has 1 saturated heterocycles. The van der Waals surface area contributed by atoms with E-state index in [1.54, 1.807) is 11.9 Å². The minimum absolute atomic E-state index is 0.0283. The van der Waals surface area contributed by atoms with Crippen LogP contribution in [0.2, 0.25) is 0 Å². The minimum atomic E-state index is -0.888. The fourth-order valence-electron chi connectivity index (χ4n) is 1.69. The Morgan fingerprint density at radius 3 is 2.76 bits per heavy atom. The van der Waals surface area contributed by atoms with Gasteiger partial charge in [0.05, 0.1) is 17.6 Å². The van der Waals surface area contributed by atoms with Crippen LogP contribution in [-0.2, 0) is 14.3 Å². The lowest BCUT2D eigenvalue weighted by atomic mass is 10.1. The number of ether oxygens (including phenoxy) is 1. The van der Waals surface area contributed by atoms with E-state index in [1.165, 1.54) is 0 Å². The third kappa shape index (κ3) is 5.93. The van der Waals surface area contributed by atoms with Gasteiger partial charge >= 0.3 is 5.97 Å². The van der Waals surface area contributed by atoms with Crippen molar-refractivity contribution >= 4 is 23.6 Å². The number of aliphatic carboxylic acids is 1. The summed E-state index contributed by atoms with van der Waals surface area (Å²) < 4.78 is 5.55.